The van der Waals surface area contributed by atoms with E-state index in [2.05, 4.69) is 83.8 Å². The molecule has 1 aliphatic rings. The van der Waals surface area contributed by atoms with Crippen LogP contribution < -0.4 is 4.74 Å². The van der Waals surface area contributed by atoms with Crippen molar-refractivity contribution < 1.29 is 4.74 Å². The minimum atomic E-state index is 0.148. The van der Waals surface area contributed by atoms with Crippen molar-refractivity contribution in [1.29, 1.82) is 0 Å². The zero-order valence-electron chi connectivity index (χ0n) is 13.4. The molecule has 2 nitrogen and oxygen atoms in total. The fraction of sp³-hybridized carbons (Fsp3) is 0.368. The lowest BCUT2D eigenvalue weighted by atomic mass is 9.85. The van der Waals surface area contributed by atoms with Gasteiger partial charge in [0.25, 0.3) is 0 Å². The zero-order chi connectivity index (χ0) is 15.7. The van der Waals surface area contributed by atoms with Gasteiger partial charge in [0.15, 0.2) is 0 Å². The van der Waals surface area contributed by atoms with Gasteiger partial charge in [0.2, 0.25) is 0 Å². The summed E-state index contributed by atoms with van der Waals surface area (Å²) in [7, 11) is 1.77. The smallest absolute Gasteiger partial charge is 0.123 e. The fourth-order valence-electron chi connectivity index (χ4n) is 3.22. The molecule has 0 saturated carbocycles. The summed E-state index contributed by atoms with van der Waals surface area (Å²) in [5.41, 5.74) is 4.32. The molecule has 0 aliphatic carbocycles. The van der Waals surface area contributed by atoms with E-state index in [9.17, 15) is 0 Å². The molecule has 0 bridgehead atoms. The van der Waals surface area contributed by atoms with Crippen LogP contribution in [0.25, 0.3) is 0 Å². The van der Waals surface area contributed by atoms with Crippen molar-refractivity contribution in [3.8, 4) is 5.75 Å². The maximum absolute atomic E-state index is 5.60. The van der Waals surface area contributed by atoms with E-state index in [1.165, 1.54) is 20.3 Å². The minimum absolute atomic E-state index is 0.148. The maximum atomic E-state index is 5.60. The molecule has 0 amide bonds. The van der Waals surface area contributed by atoms with Crippen molar-refractivity contribution >= 4 is 22.6 Å². The summed E-state index contributed by atoms with van der Waals surface area (Å²) in [5, 5.41) is 0. The lowest BCUT2D eigenvalue weighted by Gasteiger charge is -2.44. The molecule has 2 aromatic carbocycles. The van der Waals surface area contributed by atoms with Gasteiger partial charge in [0.05, 0.1) is 7.11 Å². The Hall–Kier alpha value is -1.07. The number of benzene rings is 2. The summed E-state index contributed by atoms with van der Waals surface area (Å²) in [6, 6.07) is 15.0. The van der Waals surface area contributed by atoms with Crippen LogP contribution in [0.1, 0.15) is 30.5 Å². The van der Waals surface area contributed by atoms with Gasteiger partial charge in [-0.3, -0.25) is 4.90 Å². The Labute approximate surface area is 146 Å². The number of nitrogens with zero attached hydrogens (tertiary/aromatic N) is 1. The second kappa shape index (κ2) is 6.20. The van der Waals surface area contributed by atoms with Gasteiger partial charge in [-0.15, -0.1) is 0 Å². The zero-order valence-corrected chi connectivity index (χ0v) is 15.6. The molecule has 0 fully saturated rings. The molecule has 0 atom stereocenters. The largest absolute Gasteiger partial charge is 0.496 e. The molecule has 0 unspecified atom stereocenters. The van der Waals surface area contributed by atoms with Crippen LogP contribution in [0.4, 0.5) is 0 Å². The first-order valence-corrected chi connectivity index (χ1v) is 8.72. The lowest BCUT2D eigenvalue weighted by molar-refractivity contribution is 0.0872. The first-order valence-electron chi connectivity index (χ1n) is 7.64. The molecule has 0 aromatic heterocycles. The third-order valence-corrected chi connectivity index (χ3v) is 5.59. The van der Waals surface area contributed by atoms with Crippen LogP contribution in [-0.2, 0) is 19.5 Å². The molecule has 0 saturated heterocycles. The third kappa shape index (κ3) is 3.01. The van der Waals surface area contributed by atoms with Crippen molar-refractivity contribution in [1.82, 2.24) is 4.90 Å². The van der Waals surface area contributed by atoms with Crippen LogP contribution in [-0.4, -0.2) is 17.5 Å². The van der Waals surface area contributed by atoms with Gasteiger partial charge in [-0.2, -0.15) is 0 Å². The molecule has 2 aromatic rings. The van der Waals surface area contributed by atoms with Crippen LogP contribution in [0.2, 0.25) is 0 Å². The Morgan fingerprint density at radius 2 is 1.82 bits per heavy atom. The van der Waals surface area contributed by atoms with Crippen molar-refractivity contribution in [2.45, 2.75) is 38.9 Å². The van der Waals surface area contributed by atoms with Gasteiger partial charge in [0.1, 0.15) is 5.75 Å². The first-order chi connectivity index (χ1) is 10.5. The Bertz CT molecular complexity index is 667. The van der Waals surface area contributed by atoms with Crippen molar-refractivity contribution in [2.24, 2.45) is 0 Å². The molecule has 116 valence electrons. The molecule has 22 heavy (non-hydrogen) atoms. The summed E-state index contributed by atoms with van der Waals surface area (Å²) in [4.78, 5) is 2.56. The molecule has 3 heteroatoms. The van der Waals surface area contributed by atoms with E-state index in [0.717, 1.165) is 25.3 Å². The standard InChI is InChI=1S/C19H22INO/c1-19(2)11-15-16(18(22-3)10-9-17(15)20)13-21(19)12-14-7-5-4-6-8-14/h4-10H,11-13H2,1-3H3. The average Bonchev–Trinajstić information content (AvgIpc) is 2.50. The predicted octanol–water partition coefficient (Wildman–Crippen LogP) is 4.64. The highest BCUT2D eigenvalue weighted by Crippen LogP contribution is 2.38. The number of hydrogen-bond acceptors (Lipinski definition) is 2. The van der Waals surface area contributed by atoms with Gasteiger partial charge < -0.3 is 4.74 Å². The van der Waals surface area contributed by atoms with E-state index in [1.807, 2.05) is 0 Å². The van der Waals surface area contributed by atoms with Crippen LogP contribution in [0.15, 0.2) is 42.5 Å². The first kappa shape index (κ1) is 15.8. The van der Waals surface area contributed by atoms with Crippen molar-refractivity contribution in [3.63, 3.8) is 0 Å². The molecular weight excluding hydrogens is 385 g/mol. The summed E-state index contributed by atoms with van der Waals surface area (Å²) in [5.74, 6) is 1.02. The van der Waals surface area contributed by atoms with Crippen molar-refractivity contribution in [3.05, 3.63) is 62.7 Å². The Morgan fingerprint density at radius 3 is 2.50 bits per heavy atom. The topological polar surface area (TPSA) is 12.5 Å². The summed E-state index contributed by atoms with van der Waals surface area (Å²) < 4.78 is 6.95. The number of halogens is 1. The molecule has 0 N–H and O–H groups in total. The van der Waals surface area contributed by atoms with E-state index in [4.69, 9.17) is 4.74 Å². The minimum Gasteiger partial charge on any atom is -0.496 e. The van der Waals surface area contributed by atoms with E-state index in [0.29, 0.717) is 0 Å². The second-order valence-corrected chi connectivity index (χ2v) is 7.70. The summed E-state index contributed by atoms with van der Waals surface area (Å²) in [6.45, 7) is 6.60. The molecule has 0 radical (unpaired) electrons. The van der Waals surface area contributed by atoms with E-state index < -0.39 is 0 Å². The number of methoxy groups -OCH3 is 1. The second-order valence-electron chi connectivity index (χ2n) is 6.54. The molecule has 1 aliphatic heterocycles. The van der Waals surface area contributed by atoms with E-state index in [1.54, 1.807) is 7.11 Å². The number of fused-ring (bicyclic) bond motifs is 1. The quantitative estimate of drug-likeness (QED) is 0.688. The Kier molecular flexibility index (Phi) is 4.46. The SMILES string of the molecule is COc1ccc(I)c2c1CN(Cc1ccccc1)C(C)(C)C2. The molecule has 1 heterocycles. The van der Waals surface area contributed by atoms with Crippen LogP contribution in [0, 0.1) is 3.57 Å². The molecule has 0 spiro atoms. The normalized spacial score (nSPS) is 17.1. The average molecular weight is 407 g/mol. The Balaban J connectivity index is 1.96. The van der Waals surface area contributed by atoms with E-state index >= 15 is 0 Å². The van der Waals surface area contributed by atoms with E-state index in [-0.39, 0.29) is 5.54 Å². The summed E-state index contributed by atoms with van der Waals surface area (Å²) in [6.07, 6.45) is 1.06. The Morgan fingerprint density at radius 1 is 1.09 bits per heavy atom. The van der Waals surface area contributed by atoms with Gasteiger partial charge >= 0.3 is 0 Å². The van der Waals surface area contributed by atoms with Crippen molar-refractivity contribution in [2.75, 3.05) is 7.11 Å². The van der Waals surface area contributed by atoms with Gasteiger partial charge in [0, 0.05) is 27.8 Å². The third-order valence-electron chi connectivity index (χ3n) is 4.58. The fourth-order valence-corrected chi connectivity index (χ4v) is 3.92. The predicted molar refractivity (Wildman–Crippen MR) is 99.2 cm³/mol. The molecular formula is C19H22INO. The number of ether oxygens (including phenoxy) is 1. The van der Waals surface area contributed by atoms with Crippen LogP contribution in [0.5, 0.6) is 5.75 Å². The monoisotopic (exact) mass is 407 g/mol. The highest BCUT2D eigenvalue weighted by Gasteiger charge is 2.35. The van der Waals surface area contributed by atoms with Crippen LogP contribution in [0.3, 0.4) is 0 Å². The van der Waals surface area contributed by atoms with Gasteiger partial charge in [-0.05, 0) is 66.1 Å². The maximum Gasteiger partial charge on any atom is 0.123 e. The number of hydrogen-bond donors (Lipinski definition) is 0. The lowest BCUT2D eigenvalue weighted by Crippen LogP contribution is -2.48. The highest BCUT2D eigenvalue weighted by atomic mass is 127. The van der Waals surface area contributed by atoms with Gasteiger partial charge in [-0.1, -0.05) is 30.3 Å². The van der Waals surface area contributed by atoms with Crippen LogP contribution >= 0.6 is 22.6 Å². The highest BCUT2D eigenvalue weighted by molar-refractivity contribution is 14.1. The number of rotatable bonds is 3. The van der Waals surface area contributed by atoms with Gasteiger partial charge in [-0.25, -0.2) is 0 Å². The summed E-state index contributed by atoms with van der Waals surface area (Å²) >= 11 is 2.45. The molecule has 3 rings (SSSR count).